The number of nitrogens with zero attached hydrogens (tertiary/aromatic N) is 3. The normalized spacial score (nSPS) is 11.4. The largest absolute Gasteiger partial charge is 0.497 e. The van der Waals surface area contributed by atoms with Gasteiger partial charge in [-0.25, -0.2) is 0 Å². The first-order valence-corrected chi connectivity index (χ1v) is 11.8. The van der Waals surface area contributed by atoms with Crippen molar-refractivity contribution in [1.82, 2.24) is 4.57 Å². The van der Waals surface area contributed by atoms with Crippen molar-refractivity contribution < 1.29 is 18.9 Å². The van der Waals surface area contributed by atoms with Crippen LogP contribution in [0, 0.1) is 10.1 Å². The van der Waals surface area contributed by atoms with Gasteiger partial charge < -0.3 is 9.15 Å². The predicted octanol–water partition coefficient (Wildman–Crippen LogP) is 6.12. The van der Waals surface area contributed by atoms with Gasteiger partial charge in [0, 0.05) is 28.8 Å². The molecule has 9 heteroatoms. The van der Waals surface area contributed by atoms with Crippen molar-refractivity contribution in [3.8, 4) is 34.0 Å². The summed E-state index contributed by atoms with van der Waals surface area (Å²) in [6, 6.07) is 26.5. The molecule has 5 rings (SSSR count). The summed E-state index contributed by atoms with van der Waals surface area (Å²) in [5.41, 5.74) is 3.12. The Kier molecular flexibility index (Phi) is 6.29. The second kappa shape index (κ2) is 9.85. The van der Waals surface area contributed by atoms with Crippen LogP contribution in [0.2, 0.25) is 0 Å². The van der Waals surface area contributed by atoms with E-state index in [9.17, 15) is 14.9 Å². The number of hydrogen-bond acceptors (Lipinski definition) is 6. The number of benzene rings is 3. The summed E-state index contributed by atoms with van der Waals surface area (Å²) < 4.78 is 12.9. The van der Waals surface area contributed by atoms with Crippen LogP contribution in [0.15, 0.2) is 106 Å². The summed E-state index contributed by atoms with van der Waals surface area (Å²) in [6.07, 6.45) is 0. The van der Waals surface area contributed by atoms with Gasteiger partial charge in [-0.1, -0.05) is 42.5 Å². The highest BCUT2D eigenvalue weighted by Gasteiger charge is 2.16. The van der Waals surface area contributed by atoms with E-state index >= 15 is 0 Å². The lowest BCUT2D eigenvalue weighted by molar-refractivity contribution is -0.384. The highest BCUT2D eigenvalue weighted by atomic mass is 32.1. The molecule has 0 radical (unpaired) electrons. The zero-order valence-corrected chi connectivity index (χ0v) is 19.8. The Labute approximate surface area is 209 Å². The van der Waals surface area contributed by atoms with E-state index in [1.54, 1.807) is 25.3 Å². The van der Waals surface area contributed by atoms with Gasteiger partial charge in [0.1, 0.15) is 11.5 Å². The van der Waals surface area contributed by atoms with Gasteiger partial charge in [-0.3, -0.25) is 19.5 Å². The number of aromatic nitrogens is 1. The number of non-ortho nitro benzene ring substituents is 1. The molecule has 2 heterocycles. The van der Waals surface area contributed by atoms with Crippen LogP contribution >= 0.6 is 11.3 Å². The van der Waals surface area contributed by atoms with Crippen molar-refractivity contribution in [2.75, 3.05) is 7.11 Å². The van der Waals surface area contributed by atoms with Crippen molar-refractivity contribution in [2.24, 2.45) is 4.99 Å². The number of amides is 1. The molecular formula is C27H19N3O5S. The summed E-state index contributed by atoms with van der Waals surface area (Å²) >= 11 is 1.33. The zero-order valence-electron chi connectivity index (χ0n) is 19.0. The van der Waals surface area contributed by atoms with E-state index in [1.807, 2.05) is 64.5 Å². The number of rotatable bonds is 6. The topological polar surface area (TPSA) is 99.9 Å². The lowest BCUT2D eigenvalue weighted by Gasteiger charge is -2.10. The minimum atomic E-state index is -0.560. The van der Waals surface area contributed by atoms with E-state index in [0.29, 0.717) is 16.1 Å². The first-order chi connectivity index (χ1) is 17.5. The molecule has 2 aromatic heterocycles. The Hall–Kier alpha value is -4.76. The average Bonchev–Trinajstić information content (AvgIpc) is 3.57. The molecule has 0 bridgehead atoms. The van der Waals surface area contributed by atoms with Gasteiger partial charge in [0.25, 0.3) is 5.69 Å². The van der Waals surface area contributed by atoms with Gasteiger partial charge in [-0.05, 0) is 42.0 Å². The predicted molar refractivity (Wildman–Crippen MR) is 136 cm³/mol. The maximum absolute atomic E-state index is 13.1. The molecule has 0 atom stereocenters. The smallest absolute Gasteiger partial charge is 0.315 e. The fourth-order valence-corrected chi connectivity index (χ4v) is 4.61. The number of carbonyl (C=O) groups excluding carboxylic acids is 1. The van der Waals surface area contributed by atoms with Crippen LogP contribution in [0.5, 0.6) is 5.75 Å². The van der Waals surface area contributed by atoms with Crippen molar-refractivity contribution >= 4 is 22.9 Å². The molecule has 8 nitrogen and oxygen atoms in total. The molecule has 0 saturated heterocycles. The number of thiazole rings is 1. The Morgan fingerprint density at radius 3 is 2.44 bits per heavy atom. The van der Waals surface area contributed by atoms with Gasteiger partial charge in [0.2, 0.25) is 0 Å². The molecule has 0 aliphatic rings. The Balaban J connectivity index is 1.55. The summed E-state index contributed by atoms with van der Waals surface area (Å²) in [5, 5.41) is 13.0. The summed E-state index contributed by atoms with van der Waals surface area (Å²) in [7, 11) is 1.60. The second-order valence-corrected chi connectivity index (χ2v) is 8.53. The number of nitro groups is 1. The average molecular weight is 498 g/mol. The molecule has 5 aromatic rings. The van der Waals surface area contributed by atoms with Crippen LogP contribution in [0.25, 0.3) is 28.3 Å². The maximum Gasteiger partial charge on any atom is 0.315 e. The molecule has 0 saturated carbocycles. The van der Waals surface area contributed by atoms with E-state index in [0.717, 1.165) is 22.7 Å². The molecule has 0 spiro atoms. The minimum absolute atomic E-state index is 0.0347. The second-order valence-electron chi connectivity index (χ2n) is 7.69. The number of hydrogen-bond donors (Lipinski definition) is 0. The SMILES string of the molecule is COc1ccc(-n2c(-c3ccccc3)csc2=NC(=O)c2ccc(-c3cccc([N+](=O)[O-])c3)o2)cc1. The summed E-state index contributed by atoms with van der Waals surface area (Å²) in [5.74, 6) is 0.536. The molecule has 1 amide bonds. The van der Waals surface area contributed by atoms with E-state index in [-0.39, 0.29) is 11.4 Å². The molecular weight excluding hydrogens is 478 g/mol. The Bertz CT molecular complexity index is 1620. The number of carbonyl (C=O) groups is 1. The van der Waals surface area contributed by atoms with E-state index in [4.69, 9.17) is 9.15 Å². The number of nitro benzene ring substituents is 1. The third-order valence-corrected chi connectivity index (χ3v) is 6.29. The van der Waals surface area contributed by atoms with Crippen molar-refractivity contribution in [2.45, 2.75) is 0 Å². The van der Waals surface area contributed by atoms with Crippen molar-refractivity contribution in [3.05, 3.63) is 117 Å². The lowest BCUT2D eigenvalue weighted by atomic mass is 10.1. The summed E-state index contributed by atoms with van der Waals surface area (Å²) in [6.45, 7) is 0. The molecule has 0 fully saturated rings. The third-order valence-electron chi connectivity index (χ3n) is 5.46. The van der Waals surface area contributed by atoms with Gasteiger partial charge >= 0.3 is 5.91 Å². The van der Waals surface area contributed by atoms with Crippen molar-refractivity contribution in [1.29, 1.82) is 0 Å². The van der Waals surface area contributed by atoms with Crippen LogP contribution < -0.4 is 9.54 Å². The van der Waals surface area contributed by atoms with E-state index in [2.05, 4.69) is 4.99 Å². The van der Waals surface area contributed by atoms with Gasteiger partial charge in [0.15, 0.2) is 10.6 Å². The van der Waals surface area contributed by atoms with Crippen molar-refractivity contribution in [3.63, 3.8) is 0 Å². The van der Waals surface area contributed by atoms with Crippen LogP contribution in [-0.4, -0.2) is 22.5 Å². The minimum Gasteiger partial charge on any atom is -0.497 e. The molecule has 3 aromatic carbocycles. The van der Waals surface area contributed by atoms with E-state index in [1.165, 1.54) is 29.5 Å². The Morgan fingerprint density at radius 2 is 1.72 bits per heavy atom. The van der Waals surface area contributed by atoms with Gasteiger partial charge in [-0.15, -0.1) is 11.3 Å². The fraction of sp³-hybridized carbons (Fsp3) is 0.0370. The molecule has 0 aliphatic carbocycles. The highest BCUT2D eigenvalue weighted by Crippen LogP contribution is 2.27. The fourth-order valence-electron chi connectivity index (χ4n) is 3.70. The molecule has 0 N–H and O–H groups in total. The molecule has 36 heavy (non-hydrogen) atoms. The molecule has 0 unspecified atom stereocenters. The molecule has 0 aliphatic heterocycles. The standard InChI is InChI=1S/C27H19N3O5S/c1-34-22-12-10-20(11-13-22)29-23(18-6-3-2-4-7-18)17-36-27(29)28-26(31)25-15-14-24(35-25)19-8-5-9-21(16-19)30(32)33/h2-17H,1H3. The summed E-state index contributed by atoms with van der Waals surface area (Å²) in [4.78, 5) is 28.5. The monoisotopic (exact) mass is 497 g/mol. The lowest BCUT2D eigenvalue weighted by Crippen LogP contribution is -2.16. The quantitative estimate of drug-likeness (QED) is 0.208. The first kappa shape index (κ1) is 23.0. The first-order valence-electron chi connectivity index (χ1n) is 10.9. The maximum atomic E-state index is 13.1. The Morgan fingerprint density at radius 1 is 0.972 bits per heavy atom. The van der Waals surface area contributed by atoms with Crippen LogP contribution in [-0.2, 0) is 0 Å². The highest BCUT2D eigenvalue weighted by molar-refractivity contribution is 7.07. The third kappa shape index (κ3) is 4.59. The van der Waals surface area contributed by atoms with Gasteiger partial charge in [0.05, 0.1) is 17.7 Å². The zero-order chi connectivity index (χ0) is 25.1. The number of furan rings is 1. The molecule has 178 valence electrons. The van der Waals surface area contributed by atoms with Crippen LogP contribution in [0.3, 0.4) is 0 Å². The number of methoxy groups -OCH3 is 1. The van der Waals surface area contributed by atoms with Crippen LogP contribution in [0.4, 0.5) is 5.69 Å². The number of ether oxygens (including phenoxy) is 1. The van der Waals surface area contributed by atoms with Crippen LogP contribution in [0.1, 0.15) is 10.6 Å². The van der Waals surface area contributed by atoms with E-state index < -0.39 is 10.8 Å². The van der Waals surface area contributed by atoms with Gasteiger partial charge in [-0.2, -0.15) is 4.99 Å².